The molecular weight excluding hydrogens is 410 g/mol. The molecule has 0 fully saturated rings. The van der Waals surface area contributed by atoms with Crippen molar-refractivity contribution in [1.29, 1.82) is 0 Å². The van der Waals surface area contributed by atoms with E-state index in [-0.39, 0.29) is 24.1 Å². The first-order valence-corrected chi connectivity index (χ1v) is 11.5. The van der Waals surface area contributed by atoms with Crippen LogP contribution in [0.5, 0.6) is 5.75 Å². The number of hydrogen-bond donors (Lipinski definition) is 3. The van der Waals surface area contributed by atoms with Crippen LogP contribution in [-0.4, -0.2) is 41.6 Å². The summed E-state index contributed by atoms with van der Waals surface area (Å²) in [6.07, 6.45) is 1.95. The van der Waals surface area contributed by atoms with Crippen molar-refractivity contribution in [2.45, 2.75) is 66.0 Å². The number of thiazole rings is 1. The number of ether oxygens (including phenoxy) is 1. The van der Waals surface area contributed by atoms with Gasteiger partial charge in [0.1, 0.15) is 12.3 Å². The number of anilines is 1. The molecule has 0 aliphatic carbocycles. The van der Waals surface area contributed by atoms with Gasteiger partial charge in [0.15, 0.2) is 5.96 Å². The molecule has 1 heterocycles. The molecule has 1 aromatic carbocycles. The van der Waals surface area contributed by atoms with Crippen molar-refractivity contribution in [3.05, 3.63) is 40.3 Å². The molecule has 8 heteroatoms. The molecule has 0 unspecified atom stereocenters. The first-order chi connectivity index (χ1) is 14.6. The maximum Gasteiger partial charge on any atom is 0.242 e. The number of aromatic nitrogens is 1. The summed E-state index contributed by atoms with van der Waals surface area (Å²) in [5.41, 5.74) is 1.65. The highest BCUT2D eigenvalue weighted by Crippen LogP contribution is 2.17. The second-order valence-electron chi connectivity index (χ2n) is 8.69. The Labute approximate surface area is 189 Å². The molecule has 1 amide bonds. The molecule has 0 saturated carbocycles. The average Bonchev–Trinajstić information content (AvgIpc) is 3.08. The number of nitrogens with one attached hydrogen (secondary N) is 3. The first-order valence-electron chi connectivity index (χ1n) is 10.6. The Balaban J connectivity index is 1.96. The highest BCUT2D eigenvalue weighted by atomic mass is 32.1. The zero-order chi connectivity index (χ0) is 22.9. The maximum absolute atomic E-state index is 12.2. The van der Waals surface area contributed by atoms with E-state index in [9.17, 15) is 4.79 Å². The molecular formula is C23H35N5O2S. The number of aryl methyl sites for hydroxylation is 2. The molecule has 1 aromatic heterocycles. The summed E-state index contributed by atoms with van der Waals surface area (Å²) in [6, 6.07) is 7.69. The van der Waals surface area contributed by atoms with Gasteiger partial charge in [-0.05, 0) is 72.2 Å². The Bertz CT molecular complexity index is 854. The summed E-state index contributed by atoms with van der Waals surface area (Å²) in [4.78, 5) is 21.1. The molecule has 0 bridgehead atoms. The lowest BCUT2D eigenvalue weighted by Crippen LogP contribution is -2.42. The average molecular weight is 446 g/mol. The minimum absolute atomic E-state index is 0.0484. The molecule has 3 N–H and O–H groups in total. The van der Waals surface area contributed by atoms with Crippen LogP contribution in [0.25, 0.3) is 0 Å². The van der Waals surface area contributed by atoms with Crippen LogP contribution in [0, 0.1) is 6.92 Å². The minimum atomic E-state index is -0.286. The number of rotatable bonds is 9. The Kier molecular flexibility index (Phi) is 9.30. The molecule has 7 nitrogen and oxygen atoms in total. The number of carbonyl (C=O) groups is 1. The molecule has 31 heavy (non-hydrogen) atoms. The van der Waals surface area contributed by atoms with Crippen molar-refractivity contribution < 1.29 is 9.53 Å². The van der Waals surface area contributed by atoms with Crippen LogP contribution < -0.4 is 20.7 Å². The Morgan fingerprint density at radius 2 is 1.94 bits per heavy atom. The zero-order valence-corrected chi connectivity index (χ0v) is 20.2. The van der Waals surface area contributed by atoms with Crippen LogP contribution in [-0.2, 0) is 11.2 Å². The fourth-order valence-electron chi connectivity index (χ4n) is 2.74. The van der Waals surface area contributed by atoms with Crippen molar-refractivity contribution in [2.75, 3.05) is 18.4 Å². The monoisotopic (exact) mass is 445 g/mol. The highest BCUT2D eigenvalue weighted by molar-refractivity contribution is 7.09. The summed E-state index contributed by atoms with van der Waals surface area (Å²) in [6.45, 7) is 12.6. The first kappa shape index (κ1) is 24.7. The zero-order valence-electron chi connectivity index (χ0n) is 19.4. The van der Waals surface area contributed by atoms with E-state index < -0.39 is 0 Å². The lowest BCUT2D eigenvalue weighted by Gasteiger charge is -2.20. The largest absolute Gasteiger partial charge is 0.491 e. The van der Waals surface area contributed by atoms with Gasteiger partial charge in [0.25, 0.3) is 0 Å². The van der Waals surface area contributed by atoms with Crippen LogP contribution in [0.1, 0.15) is 51.7 Å². The number of nitrogens with zero attached hydrogens (tertiary/aromatic N) is 2. The van der Waals surface area contributed by atoms with Crippen LogP contribution in [0.3, 0.4) is 0 Å². The van der Waals surface area contributed by atoms with Gasteiger partial charge in [0, 0.05) is 35.3 Å². The summed E-state index contributed by atoms with van der Waals surface area (Å²) < 4.78 is 5.69. The van der Waals surface area contributed by atoms with Gasteiger partial charge < -0.3 is 20.7 Å². The number of carbonyl (C=O) groups excluding carboxylic acids is 1. The molecule has 0 spiro atoms. The lowest BCUT2D eigenvalue weighted by atomic mass is 10.1. The molecule has 0 radical (unpaired) electrons. The van der Waals surface area contributed by atoms with E-state index in [4.69, 9.17) is 4.74 Å². The number of aliphatic imine (C=N–C) groups is 1. The summed E-state index contributed by atoms with van der Waals surface area (Å²) in [5, 5.41) is 12.7. The fraction of sp³-hybridized carbons (Fsp3) is 0.522. The third kappa shape index (κ3) is 10.3. The minimum Gasteiger partial charge on any atom is -0.491 e. The second kappa shape index (κ2) is 11.7. The van der Waals surface area contributed by atoms with Crippen molar-refractivity contribution in [1.82, 2.24) is 15.6 Å². The van der Waals surface area contributed by atoms with Crippen LogP contribution in [0.2, 0.25) is 0 Å². The number of benzene rings is 1. The smallest absolute Gasteiger partial charge is 0.242 e. The number of amides is 1. The van der Waals surface area contributed by atoms with Crippen LogP contribution in [0.4, 0.5) is 5.69 Å². The second-order valence-corrected chi connectivity index (χ2v) is 9.63. The van der Waals surface area contributed by atoms with Gasteiger partial charge in [-0.1, -0.05) is 0 Å². The Morgan fingerprint density at radius 3 is 2.52 bits per heavy atom. The van der Waals surface area contributed by atoms with Crippen molar-refractivity contribution in [3.8, 4) is 5.75 Å². The number of guanidine groups is 1. The maximum atomic E-state index is 12.2. The van der Waals surface area contributed by atoms with E-state index >= 15 is 0 Å². The van der Waals surface area contributed by atoms with Gasteiger partial charge >= 0.3 is 0 Å². The Hall–Kier alpha value is -2.61. The van der Waals surface area contributed by atoms with E-state index in [0.717, 1.165) is 41.5 Å². The molecule has 0 aliphatic rings. The fourth-order valence-corrected chi connectivity index (χ4v) is 3.56. The van der Waals surface area contributed by atoms with Gasteiger partial charge in [0.2, 0.25) is 5.91 Å². The number of hydrogen-bond acceptors (Lipinski definition) is 5. The predicted molar refractivity (Wildman–Crippen MR) is 129 cm³/mol. The molecule has 0 aliphatic heterocycles. The topological polar surface area (TPSA) is 87.6 Å². The molecule has 0 saturated heterocycles. The standard InChI is InChI=1S/C23H35N5O2S/c1-16(2)30-19-11-9-18(10-12-19)27-22(25-14-20(29)28-23(4,5)6)24-13-7-8-21-26-17(3)15-31-21/h9-12,15-16H,7-8,13-14H2,1-6H3,(H,28,29)(H2,24,25,27). The molecule has 170 valence electrons. The molecule has 0 atom stereocenters. The Morgan fingerprint density at radius 1 is 1.23 bits per heavy atom. The molecule has 2 rings (SSSR count). The van der Waals surface area contributed by atoms with E-state index in [1.54, 1.807) is 11.3 Å². The van der Waals surface area contributed by atoms with E-state index in [1.165, 1.54) is 0 Å². The van der Waals surface area contributed by atoms with Crippen molar-refractivity contribution in [3.63, 3.8) is 0 Å². The lowest BCUT2D eigenvalue weighted by molar-refractivity contribution is -0.121. The van der Waals surface area contributed by atoms with Crippen molar-refractivity contribution in [2.24, 2.45) is 4.99 Å². The third-order valence-corrected chi connectivity index (χ3v) is 4.94. The van der Waals surface area contributed by atoms with E-state index in [0.29, 0.717) is 5.96 Å². The molecule has 2 aromatic rings. The van der Waals surface area contributed by atoms with Crippen LogP contribution in [0.15, 0.2) is 34.6 Å². The summed E-state index contributed by atoms with van der Waals surface area (Å²) in [7, 11) is 0. The van der Waals surface area contributed by atoms with Gasteiger partial charge in [-0.2, -0.15) is 0 Å². The SMILES string of the molecule is Cc1csc(CCCNC(=NCC(=O)NC(C)(C)C)Nc2ccc(OC(C)C)cc2)n1. The predicted octanol–water partition coefficient (Wildman–Crippen LogP) is 4.14. The van der Waals surface area contributed by atoms with Gasteiger partial charge in [0.05, 0.1) is 11.1 Å². The van der Waals surface area contributed by atoms with E-state index in [2.05, 4.69) is 31.3 Å². The van der Waals surface area contributed by atoms with Gasteiger partial charge in [-0.15, -0.1) is 11.3 Å². The van der Waals surface area contributed by atoms with Crippen molar-refractivity contribution >= 4 is 28.9 Å². The quantitative estimate of drug-likeness (QED) is 0.307. The van der Waals surface area contributed by atoms with Crippen LogP contribution >= 0.6 is 11.3 Å². The van der Waals surface area contributed by atoms with Gasteiger partial charge in [-0.3, -0.25) is 4.79 Å². The summed E-state index contributed by atoms with van der Waals surface area (Å²) >= 11 is 1.69. The summed E-state index contributed by atoms with van der Waals surface area (Å²) in [5.74, 6) is 1.26. The normalized spacial score (nSPS) is 12.0. The van der Waals surface area contributed by atoms with E-state index in [1.807, 2.05) is 65.8 Å². The third-order valence-electron chi connectivity index (χ3n) is 3.91. The van der Waals surface area contributed by atoms with Gasteiger partial charge in [-0.25, -0.2) is 9.98 Å². The highest BCUT2D eigenvalue weighted by Gasteiger charge is 2.13.